The molecule has 1 saturated heterocycles. The van der Waals surface area contributed by atoms with Crippen molar-refractivity contribution < 1.29 is 23.9 Å². The second kappa shape index (κ2) is 9.73. The summed E-state index contributed by atoms with van der Waals surface area (Å²) in [4.78, 5) is 34.6. The first kappa shape index (κ1) is 21.1. The van der Waals surface area contributed by atoms with Crippen molar-refractivity contribution in [3.63, 3.8) is 0 Å². The third kappa shape index (κ3) is 5.26. The third-order valence-corrected chi connectivity index (χ3v) is 4.81. The molecule has 2 N–H and O–H groups in total. The number of carbonyl (C=O) groups excluding carboxylic acids is 3. The summed E-state index contributed by atoms with van der Waals surface area (Å²) in [5, 5.41) is 4.07. The Hall–Kier alpha value is -3.61. The molecule has 0 aromatic heterocycles. The van der Waals surface area contributed by atoms with Crippen LogP contribution in [0.3, 0.4) is 0 Å². The molecule has 7 heteroatoms. The Labute approximate surface area is 175 Å². The van der Waals surface area contributed by atoms with E-state index in [1.165, 1.54) is 11.6 Å². The molecule has 0 spiro atoms. The van der Waals surface area contributed by atoms with Crippen LogP contribution in [0.5, 0.6) is 11.5 Å². The zero-order valence-electron chi connectivity index (χ0n) is 16.9. The Morgan fingerprint density at radius 3 is 2.20 bits per heavy atom. The highest BCUT2D eigenvalue weighted by atomic mass is 16.5. The Kier molecular flexibility index (Phi) is 6.85. The molecule has 2 aromatic rings. The topological polar surface area (TPSA) is 93.7 Å². The zero-order chi connectivity index (χ0) is 21.5. The summed E-state index contributed by atoms with van der Waals surface area (Å²) >= 11 is 0. The first-order valence-electron chi connectivity index (χ1n) is 9.81. The molecule has 4 amide bonds. The van der Waals surface area contributed by atoms with Gasteiger partial charge in [0, 0.05) is 0 Å². The van der Waals surface area contributed by atoms with E-state index in [1.54, 1.807) is 24.3 Å². The molecular formula is C23H24N2O5. The predicted molar refractivity (Wildman–Crippen MR) is 112 cm³/mol. The maximum absolute atomic E-state index is 11.8. The van der Waals surface area contributed by atoms with Crippen molar-refractivity contribution in [2.75, 3.05) is 13.2 Å². The van der Waals surface area contributed by atoms with Crippen molar-refractivity contribution in [3.05, 3.63) is 65.2 Å². The van der Waals surface area contributed by atoms with Crippen LogP contribution in [0.15, 0.2) is 54.1 Å². The highest BCUT2D eigenvalue weighted by molar-refractivity contribution is 6.31. The molecule has 30 heavy (non-hydrogen) atoms. The zero-order valence-corrected chi connectivity index (χ0v) is 16.9. The van der Waals surface area contributed by atoms with E-state index >= 15 is 0 Å². The molecule has 1 aliphatic rings. The number of rotatable bonds is 8. The molecule has 1 aliphatic heterocycles. The summed E-state index contributed by atoms with van der Waals surface area (Å²) in [6.07, 6.45) is 2.45. The van der Waals surface area contributed by atoms with Crippen molar-refractivity contribution in [3.8, 4) is 11.5 Å². The molecule has 2 aromatic carbocycles. The van der Waals surface area contributed by atoms with Gasteiger partial charge in [-0.25, -0.2) is 4.79 Å². The Morgan fingerprint density at radius 2 is 1.53 bits per heavy atom. The van der Waals surface area contributed by atoms with E-state index < -0.39 is 17.8 Å². The first-order chi connectivity index (χ1) is 14.5. The van der Waals surface area contributed by atoms with Crippen molar-refractivity contribution >= 4 is 23.9 Å². The fourth-order valence-electron chi connectivity index (χ4n) is 2.98. The molecule has 156 valence electrons. The fourth-order valence-corrected chi connectivity index (χ4v) is 2.98. The number of urea groups is 1. The van der Waals surface area contributed by atoms with E-state index in [0.717, 1.165) is 12.2 Å². The SMILES string of the molecule is CC[C@H](C)c1ccccc1OCCOc1ccc(C=C2C(=O)NC(=O)NC2=O)cc1. The van der Waals surface area contributed by atoms with Crippen molar-refractivity contribution in [1.29, 1.82) is 0 Å². The molecule has 1 atom stereocenters. The molecule has 7 nitrogen and oxygen atoms in total. The minimum Gasteiger partial charge on any atom is -0.490 e. The summed E-state index contributed by atoms with van der Waals surface area (Å²) in [5.74, 6) is 0.497. The number of hydrogen-bond donors (Lipinski definition) is 2. The van der Waals surface area contributed by atoms with Gasteiger partial charge >= 0.3 is 6.03 Å². The van der Waals surface area contributed by atoms with Crippen LogP contribution >= 0.6 is 0 Å². The number of para-hydroxylation sites is 1. The van der Waals surface area contributed by atoms with Gasteiger partial charge in [0.1, 0.15) is 30.3 Å². The average Bonchev–Trinajstić information content (AvgIpc) is 2.74. The van der Waals surface area contributed by atoms with Gasteiger partial charge in [-0.2, -0.15) is 0 Å². The van der Waals surface area contributed by atoms with Crippen LogP contribution in [0.25, 0.3) is 6.08 Å². The highest BCUT2D eigenvalue weighted by Crippen LogP contribution is 2.28. The quantitative estimate of drug-likeness (QED) is 0.397. The molecule has 0 radical (unpaired) electrons. The van der Waals surface area contributed by atoms with Gasteiger partial charge < -0.3 is 9.47 Å². The Balaban J connectivity index is 1.54. The second-order valence-electron chi connectivity index (χ2n) is 6.91. The maximum Gasteiger partial charge on any atom is 0.328 e. The minimum absolute atomic E-state index is 0.128. The number of hydrogen-bond acceptors (Lipinski definition) is 5. The second-order valence-corrected chi connectivity index (χ2v) is 6.91. The number of amides is 4. The van der Waals surface area contributed by atoms with Crippen LogP contribution in [0.4, 0.5) is 4.79 Å². The van der Waals surface area contributed by atoms with Crippen molar-refractivity contribution in [1.82, 2.24) is 10.6 Å². The average molecular weight is 408 g/mol. The molecule has 1 heterocycles. The van der Waals surface area contributed by atoms with Gasteiger partial charge in [0.2, 0.25) is 0 Å². The van der Waals surface area contributed by atoms with Gasteiger partial charge in [-0.3, -0.25) is 20.2 Å². The smallest absolute Gasteiger partial charge is 0.328 e. The van der Waals surface area contributed by atoms with Crippen LogP contribution in [0.2, 0.25) is 0 Å². The van der Waals surface area contributed by atoms with Gasteiger partial charge in [-0.15, -0.1) is 0 Å². The molecular weight excluding hydrogens is 384 g/mol. The van der Waals surface area contributed by atoms with Crippen LogP contribution in [0, 0.1) is 0 Å². The summed E-state index contributed by atoms with van der Waals surface area (Å²) < 4.78 is 11.6. The van der Waals surface area contributed by atoms with E-state index in [2.05, 4.69) is 19.9 Å². The number of imide groups is 2. The van der Waals surface area contributed by atoms with E-state index in [9.17, 15) is 14.4 Å². The van der Waals surface area contributed by atoms with Crippen LogP contribution in [0.1, 0.15) is 37.3 Å². The lowest BCUT2D eigenvalue weighted by Crippen LogP contribution is -2.51. The molecule has 0 saturated carbocycles. The monoisotopic (exact) mass is 408 g/mol. The first-order valence-corrected chi connectivity index (χ1v) is 9.81. The van der Waals surface area contributed by atoms with Crippen LogP contribution < -0.4 is 20.1 Å². The van der Waals surface area contributed by atoms with E-state index in [1.807, 2.05) is 28.8 Å². The third-order valence-electron chi connectivity index (χ3n) is 4.81. The van der Waals surface area contributed by atoms with Gasteiger partial charge in [0.15, 0.2) is 0 Å². The molecule has 0 bridgehead atoms. The predicted octanol–water partition coefficient (Wildman–Crippen LogP) is 3.41. The molecule has 3 rings (SSSR count). The summed E-state index contributed by atoms with van der Waals surface area (Å²) in [6, 6.07) is 14.1. The number of ether oxygens (including phenoxy) is 2. The van der Waals surface area contributed by atoms with E-state index in [0.29, 0.717) is 30.4 Å². The maximum atomic E-state index is 11.8. The lowest BCUT2D eigenvalue weighted by atomic mass is 9.98. The molecule has 0 unspecified atom stereocenters. The van der Waals surface area contributed by atoms with Crippen molar-refractivity contribution in [2.24, 2.45) is 0 Å². The lowest BCUT2D eigenvalue weighted by molar-refractivity contribution is -0.123. The number of benzene rings is 2. The summed E-state index contributed by atoms with van der Waals surface area (Å²) in [6.45, 7) is 5.11. The number of barbiturate groups is 1. The summed E-state index contributed by atoms with van der Waals surface area (Å²) in [7, 11) is 0. The van der Waals surface area contributed by atoms with Crippen LogP contribution in [-0.2, 0) is 9.59 Å². The van der Waals surface area contributed by atoms with Crippen molar-refractivity contribution in [2.45, 2.75) is 26.2 Å². The number of carbonyl (C=O) groups is 3. The number of nitrogens with one attached hydrogen (secondary N) is 2. The normalized spacial score (nSPS) is 14.6. The van der Waals surface area contributed by atoms with Gasteiger partial charge in [-0.1, -0.05) is 44.2 Å². The van der Waals surface area contributed by atoms with E-state index in [-0.39, 0.29) is 5.57 Å². The highest BCUT2D eigenvalue weighted by Gasteiger charge is 2.27. The Morgan fingerprint density at radius 1 is 0.900 bits per heavy atom. The van der Waals surface area contributed by atoms with Gasteiger partial charge in [0.05, 0.1) is 0 Å². The minimum atomic E-state index is -0.820. The lowest BCUT2D eigenvalue weighted by Gasteiger charge is -2.16. The fraction of sp³-hybridized carbons (Fsp3) is 0.261. The van der Waals surface area contributed by atoms with Gasteiger partial charge in [-0.05, 0) is 47.7 Å². The molecule has 1 fully saturated rings. The largest absolute Gasteiger partial charge is 0.490 e. The van der Waals surface area contributed by atoms with Crippen LogP contribution in [-0.4, -0.2) is 31.1 Å². The Bertz CT molecular complexity index is 944. The van der Waals surface area contributed by atoms with E-state index in [4.69, 9.17) is 9.47 Å². The molecule has 0 aliphatic carbocycles. The summed E-state index contributed by atoms with van der Waals surface area (Å²) in [5.41, 5.74) is 1.70. The standard InChI is InChI=1S/C23H24N2O5/c1-3-15(2)18-6-4-5-7-20(18)30-13-12-29-17-10-8-16(9-11-17)14-19-21(26)24-23(28)25-22(19)27/h4-11,14-15H,3,12-13H2,1-2H3,(H2,24,25,26,27,28)/t15-/m0/s1. The van der Waals surface area contributed by atoms with Gasteiger partial charge in [0.25, 0.3) is 11.8 Å².